The van der Waals surface area contributed by atoms with Gasteiger partial charge in [0.25, 0.3) is 0 Å². The lowest BCUT2D eigenvalue weighted by molar-refractivity contribution is 0.338. The molecule has 0 aliphatic heterocycles. The molecule has 1 aromatic heterocycles. The van der Waals surface area contributed by atoms with Crippen LogP contribution in [0.3, 0.4) is 0 Å². The summed E-state index contributed by atoms with van der Waals surface area (Å²) in [5, 5.41) is 2.11. The molecule has 0 unspecified atom stereocenters. The van der Waals surface area contributed by atoms with Crippen molar-refractivity contribution in [2.75, 3.05) is 0 Å². The highest BCUT2D eigenvalue weighted by atomic mass is 32.1. The molecule has 100 valence electrons. The fourth-order valence-corrected chi connectivity index (χ4v) is 3.10. The molecule has 2 rings (SSSR count). The van der Waals surface area contributed by atoms with Gasteiger partial charge in [0.15, 0.2) is 5.96 Å². The van der Waals surface area contributed by atoms with Crippen LogP contribution in [0.1, 0.15) is 44.4 Å². The smallest absolute Gasteiger partial charge is 0.192 e. The molecular formula is C14H23N3S. The van der Waals surface area contributed by atoms with Crippen molar-refractivity contribution in [3.63, 3.8) is 0 Å². The maximum Gasteiger partial charge on any atom is 0.192 e. The number of thiophene rings is 1. The summed E-state index contributed by atoms with van der Waals surface area (Å²) in [5.74, 6) is 0.713. The molecule has 0 radical (unpaired) electrons. The third-order valence-electron chi connectivity index (χ3n) is 3.46. The topological polar surface area (TPSA) is 41.6 Å². The summed E-state index contributed by atoms with van der Waals surface area (Å²) in [6, 6.07) is 5.08. The Morgan fingerprint density at radius 3 is 2.78 bits per heavy atom. The molecule has 0 bridgehead atoms. The first-order valence-corrected chi connectivity index (χ1v) is 7.67. The van der Waals surface area contributed by atoms with Crippen molar-refractivity contribution in [1.29, 1.82) is 0 Å². The molecule has 0 saturated heterocycles. The lowest BCUT2D eigenvalue weighted by Crippen LogP contribution is -2.42. The van der Waals surface area contributed by atoms with E-state index in [2.05, 4.69) is 36.3 Å². The highest BCUT2D eigenvalue weighted by Gasteiger charge is 2.18. The number of rotatable bonds is 4. The molecule has 0 atom stereocenters. The van der Waals surface area contributed by atoms with Crippen LogP contribution < -0.4 is 5.73 Å². The summed E-state index contributed by atoms with van der Waals surface area (Å²) in [6.45, 7) is 5.21. The van der Waals surface area contributed by atoms with Crippen molar-refractivity contribution in [2.45, 2.75) is 58.2 Å². The minimum atomic E-state index is 0.386. The average Bonchev–Trinajstić information content (AvgIpc) is 2.97. The van der Waals surface area contributed by atoms with Crippen LogP contribution in [0.2, 0.25) is 0 Å². The minimum Gasteiger partial charge on any atom is -0.370 e. The van der Waals surface area contributed by atoms with Gasteiger partial charge in [-0.15, -0.1) is 11.3 Å². The van der Waals surface area contributed by atoms with Crippen LogP contribution in [-0.4, -0.2) is 22.9 Å². The van der Waals surface area contributed by atoms with E-state index in [4.69, 9.17) is 10.7 Å². The summed E-state index contributed by atoms with van der Waals surface area (Å²) in [6.07, 6.45) is 5.00. The molecule has 1 aromatic rings. The first kappa shape index (κ1) is 13.4. The van der Waals surface area contributed by atoms with E-state index in [1.807, 2.05) is 0 Å². The normalized spacial score (nSPS) is 17.6. The zero-order valence-electron chi connectivity index (χ0n) is 11.3. The maximum absolute atomic E-state index is 6.20. The minimum absolute atomic E-state index is 0.386. The highest BCUT2D eigenvalue weighted by molar-refractivity contribution is 7.09. The van der Waals surface area contributed by atoms with E-state index < -0.39 is 0 Å². The van der Waals surface area contributed by atoms with Gasteiger partial charge in [-0.1, -0.05) is 18.9 Å². The van der Waals surface area contributed by atoms with Crippen molar-refractivity contribution in [2.24, 2.45) is 10.7 Å². The van der Waals surface area contributed by atoms with Crippen LogP contribution >= 0.6 is 11.3 Å². The predicted octanol–water partition coefficient (Wildman–Crippen LogP) is 3.22. The summed E-state index contributed by atoms with van der Waals surface area (Å²) in [4.78, 5) is 8.24. The summed E-state index contributed by atoms with van der Waals surface area (Å²) >= 11 is 1.78. The maximum atomic E-state index is 6.20. The van der Waals surface area contributed by atoms with E-state index in [1.54, 1.807) is 11.3 Å². The van der Waals surface area contributed by atoms with Gasteiger partial charge in [-0.3, -0.25) is 0 Å². The molecule has 1 saturated carbocycles. The van der Waals surface area contributed by atoms with E-state index in [9.17, 15) is 0 Å². The zero-order valence-corrected chi connectivity index (χ0v) is 12.1. The largest absolute Gasteiger partial charge is 0.370 e. The average molecular weight is 265 g/mol. The first-order chi connectivity index (χ1) is 8.66. The van der Waals surface area contributed by atoms with Crippen molar-refractivity contribution in [3.8, 4) is 0 Å². The quantitative estimate of drug-likeness (QED) is 0.671. The number of guanidine groups is 1. The first-order valence-electron chi connectivity index (χ1n) is 6.79. The van der Waals surface area contributed by atoms with Gasteiger partial charge in [0.2, 0.25) is 0 Å². The molecule has 0 amide bonds. The molecule has 18 heavy (non-hydrogen) atoms. The van der Waals surface area contributed by atoms with Gasteiger partial charge < -0.3 is 10.6 Å². The Balaban J connectivity index is 2.04. The van der Waals surface area contributed by atoms with Gasteiger partial charge in [-0.05, 0) is 38.1 Å². The Labute approximate surface area is 114 Å². The Kier molecular flexibility index (Phi) is 4.64. The van der Waals surface area contributed by atoms with Crippen LogP contribution in [0.25, 0.3) is 0 Å². The van der Waals surface area contributed by atoms with Gasteiger partial charge in [-0.2, -0.15) is 0 Å². The molecule has 1 fully saturated rings. The molecule has 1 aliphatic carbocycles. The molecule has 0 aromatic carbocycles. The lowest BCUT2D eigenvalue weighted by Gasteiger charge is -2.28. The van der Waals surface area contributed by atoms with Gasteiger partial charge in [0.05, 0.1) is 12.6 Å². The molecule has 1 heterocycles. The number of nitrogens with two attached hydrogens (primary N) is 1. The van der Waals surface area contributed by atoms with Crippen LogP contribution in [0.5, 0.6) is 0 Å². The van der Waals surface area contributed by atoms with Crippen molar-refractivity contribution in [3.05, 3.63) is 22.4 Å². The number of nitrogens with zero attached hydrogens (tertiary/aromatic N) is 2. The molecule has 3 nitrogen and oxygen atoms in total. The summed E-state index contributed by atoms with van der Waals surface area (Å²) < 4.78 is 0. The molecular weight excluding hydrogens is 242 g/mol. The molecule has 4 heteroatoms. The van der Waals surface area contributed by atoms with Gasteiger partial charge in [-0.25, -0.2) is 4.99 Å². The monoisotopic (exact) mass is 265 g/mol. The van der Waals surface area contributed by atoms with E-state index in [1.165, 1.54) is 30.6 Å². The third kappa shape index (κ3) is 3.48. The molecule has 2 N–H and O–H groups in total. The van der Waals surface area contributed by atoms with Crippen LogP contribution in [0, 0.1) is 0 Å². The Morgan fingerprint density at radius 1 is 1.50 bits per heavy atom. The number of hydrogen-bond acceptors (Lipinski definition) is 2. The van der Waals surface area contributed by atoms with Crippen molar-refractivity contribution >= 4 is 17.3 Å². The predicted molar refractivity (Wildman–Crippen MR) is 78.9 cm³/mol. The third-order valence-corrected chi connectivity index (χ3v) is 4.32. The lowest BCUT2D eigenvalue weighted by atomic mass is 10.2. The van der Waals surface area contributed by atoms with Crippen LogP contribution in [0.4, 0.5) is 0 Å². The second-order valence-electron chi connectivity index (χ2n) is 5.23. The Hall–Kier alpha value is -1.03. The fraction of sp³-hybridized carbons (Fsp3) is 0.643. The van der Waals surface area contributed by atoms with Gasteiger partial charge >= 0.3 is 0 Å². The van der Waals surface area contributed by atoms with Gasteiger partial charge in [0.1, 0.15) is 0 Å². The summed E-state index contributed by atoms with van der Waals surface area (Å²) in [7, 11) is 0. The van der Waals surface area contributed by atoms with Gasteiger partial charge in [0, 0.05) is 10.9 Å². The zero-order chi connectivity index (χ0) is 13.0. The van der Waals surface area contributed by atoms with Crippen LogP contribution in [-0.2, 0) is 6.54 Å². The van der Waals surface area contributed by atoms with Crippen molar-refractivity contribution in [1.82, 2.24) is 4.90 Å². The standard InChI is InChI=1S/C14H23N3S/c1-11(2)17(10-13-8-5-9-18-13)14(15)16-12-6-3-4-7-12/h5,8-9,11-12H,3-4,6-7,10H2,1-2H3,(H2,15,16). The van der Waals surface area contributed by atoms with E-state index >= 15 is 0 Å². The number of hydrogen-bond donors (Lipinski definition) is 1. The Morgan fingerprint density at radius 2 is 2.22 bits per heavy atom. The SMILES string of the molecule is CC(C)N(Cc1cccs1)C(N)=NC1CCCC1. The molecule has 1 aliphatic rings. The Bertz CT molecular complexity index is 378. The second kappa shape index (κ2) is 6.23. The molecule has 0 spiro atoms. The van der Waals surface area contributed by atoms with E-state index in [-0.39, 0.29) is 0 Å². The number of aliphatic imine (C=N–C) groups is 1. The summed E-state index contributed by atoms with van der Waals surface area (Å²) in [5.41, 5.74) is 6.20. The second-order valence-corrected chi connectivity index (χ2v) is 6.26. The highest BCUT2D eigenvalue weighted by Crippen LogP contribution is 2.21. The van der Waals surface area contributed by atoms with Crippen LogP contribution in [0.15, 0.2) is 22.5 Å². The van der Waals surface area contributed by atoms with E-state index in [0.29, 0.717) is 18.0 Å². The van der Waals surface area contributed by atoms with E-state index in [0.717, 1.165) is 6.54 Å². The fourth-order valence-electron chi connectivity index (χ4n) is 2.39. The van der Waals surface area contributed by atoms with Crippen molar-refractivity contribution < 1.29 is 0 Å².